The zero-order valence-electron chi connectivity index (χ0n) is 15.8. The molecule has 5 N–H and O–H groups in total. The molecule has 0 saturated carbocycles. The van der Waals surface area contributed by atoms with Gasteiger partial charge in [-0.15, -0.1) is 22.7 Å². The van der Waals surface area contributed by atoms with Gasteiger partial charge in [0, 0.05) is 15.8 Å². The summed E-state index contributed by atoms with van der Waals surface area (Å²) in [6.07, 6.45) is 0. The number of rotatable bonds is 5. The second-order valence-corrected chi connectivity index (χ2v) is 11.1. The van der Waals surface area contributed by atoms with Gasteiger partial charge in [0.1, 0.15) is 15.7 Å². The molecule has 0 bridgehead atoms. The summed E-state index contributed by atoms with van der Waals surface area (Å²) in [5, 5.41) is 12.9. The summed E-state index contributed by atoms with van der Waals surface area (Å²) in [7, 11) is -3.73. The van der Waals surface area contributed by atoms with Crippen LogP contribution in [0.25, 0.3) is 30.5 Å². The molecule has 0 saturated heterocycles. The Morgan fingerprint density at radius 1 is 0.968 bits per heavy atom. The Morgan fingerprint density at radius 3 is 2.48 bits per heavy atom. The number of thiophene rings is 1. The minimum atomic E-state index is -3.73. The third-order valence-electron chi connectivity index (χ3n) is 4.46. The van der Waals surface area contributed by atoms with Gasteiger partial charge in [-0.2, -0.15) is 0 Å². The lowest BCUT2D eigenvalue weighted by Crippen LogP contribution is -2.11. The molecule has 0 unspecified atom stereocenters. The second-order valence-electron chi connectivity index (χ2n) is 6.61. The Morgan fingerprint density at radius 2 is 1.74 bits per heavy atom. The average molecular weight is 486 g/mol. The molecule has 3 aromatic heterocycles. The number of aromatic nitrogens is 2. The normalized spacial score (nSPS) is 11.8. The Bertz CT molecular complexity index is 1470. The van der Waals surface area contributed by atoms with Crippen LogP contribution in [0, 0.1) is 0 Å². The molecule has 0 aliphatic rings. The van der Waals surface area contributed by atoms with Crippen molar-refractivity contribution in [3.63, 3.8) is 0 Å². The van der Waals surface area contributed by atoms with Crippen molar-refractivity contribution in [1.82, 2.24) is 9.97 Å². The van der Waals surface area contributed by atoms with Crippen molar-refractivity contribution < 1.29 is 8.42 Å². The maximum atomic E-state index is 11.4. The molecular formula is C20H15N5O2S4. The summed E-state index contributed by atoms with van der Waals surface area (Å²) in [4.78, 5) is 11.1. The largest absolute Gasteiger partial charge is 0.382 e. The number of thiazole rings is 2. The Kier molecular flexibility index (Phi) is 4.99. The summed E-state index contributed by atoms with van der Waals surface area (Å²) in [5.41, 5.74) is 7.75. The summed E-state index contributed by atoms with van der Waals surface area (Å²) >= 11 is 4.62. The fraction of sp³-hybridized carbons (Fsp3) is 0. The number of nitrogens with one attached hydrogen (secondary N) is 1. The van der Waals surface area contributed by atoms with Crippen molar-refractivity contribution in [1.29, 1.82) is 0 Å². The van der Waals surface area contributed by atoms with Gasteiger partial charge in [-0.25, -0.2) is 23.5 Å². The molecule has 5 aromatic rings. The first-order valence-electron chi connectivity index (χ1n) is 8.98. The average Bonchev–Trinajstić information content (AvgIpc) is 3.45. The molecule has 0 fully saturated rings. The van der Waals surface area contributed by atoms with E-state index in [1.165, 1.54) is 44.9 Å². The highest BCUT2D eigenvalue weighted by Gasteiger charge is 2.16. The van der Waals surface area contributed by atoms with E-state index in [1.807, 2.05) is 17.5 Å². The fourth-order valence-corrected chi connectivity index (χ4v) is 6.43. The highest BCUT2D eigenvalue weighted by atomic mass is 32.2. The lowest BCUT2D eigenvalue weighted by molar-refractivity contribution is 0.598. The molecule has 156 valence electrons. The monoisotopic (exact) mass is 485 g/mol. The predicted molar refractivity (Wildman–Crippen MR) is 130 cm³/mol. The Balaban J connectivity index is 1.40. The highest BCUT2D eigenvalue weighted by Crippen LogP contribution is 2.41. The molecular weight excluding hydrogens is 471 g/mol. The number of nitrogens with zero attached hydrogens (tertiary/aromatic N) is 2. The van der Waals surface area contributed by atoms with Crippen molar-refractivity contribution in [3.05, 3.63) is 60.0 Å². The molecule has 0 spiro atoms. The number of hydrogen-bond acceptors (Lipinski definition) is 9. The van der Waals surface area contributed by atoms with Crippen LogP contribution >= 0.6 is 34.0 Å². The molecule has 11 heteroatoms. The third-order valence-corrected chi connectivity index (χ3v) is 8.51. The number of anilines is 3. The molecule has 5 rings (SSSR count). The molecule has 3 heterocycles. The van der Waals surface area contributed by atoms with Crippen LogP contribution in [0.15, 0.2) is 64.9 Å². The van der Waals surface area contributed by atoms with E-state index in [2.05, 4.69) is 28.5 Å². The van der Waals surface area contributed by atoms with Crippen LogP contribution in [0.4, 0.5) is 16.6 Å². The summed E-state index contributed by atoms with van der Waals surface area (Å²) in [5.74, 6) is 0.394. The number of primary sulfonamides is 1. The van der Waals surface area contributed by atoms with Gasteiger partial charge in [0.15, 0.2) is 5.13 Å². The lowest BCUT2D eigenvalue weighted by atomic mass is 10.2. The lowest BCUT2D eigenvalue weighted by Gasteiger charge is -2.03. The van der Waals surface area contributed by atoms with E-state index in [4.69, 9.17) is 15.9 Å². The Hall–Kier alpha value is -2.83. The SMILES string of the molecule is Nc1nc(Nc2ccc(S(N)(=O)=O)cc2)sc1-c1nc(-c2cc3ccccc3s2)cs1. The van der Waals surface area contributed by atoms with Gasteiger partial charge in [0.25, 0.3) is 0 Å². The third kappa shape index (κ3) is 4.05. The summed E-state index contributed by atoms with van der Waals surface area (Å²) in [6, 6.07) is 16.5. The zero-order valence-corrected chi connectivity index (χ0v) is 19.0. The van der Waals surface area contributed by atoms with Crippen LogP contribution in [0.3, 0.4) is 0 Å². The van der Waals surface area contributed by atoms with Crippen LogP contribution in [0.2, 0.25) is 0 Å². The first-order valence-corrected chi connectivity index (χ1v) is 13.0. The number of benzene rings is 2. The highest BCUT2D eigenvalue weighted by molar-refractivity contribution is 7.89. The van der Waals surface area contributed by atoms with Crippen LogP contribution in [0.5, 0.6) is 0 Å². The van der Waals surface area contributed by atoms with E-state index in [9.17, 15) is 8.42 Å². The molecule has 0 amide bonds. The molecule has 2 aromatic carbocycles. The minimum absolute atomic E-state index is 0.0499. The zero-order chi connectivity index (χ0) is 21.6. The van der Waals surface area contributed by atoms with Gasteiger partial charge in [-0.05, 0) is 41.8 Å². The predicted octanol–water partition coefficient (Wildman–Crippen LogP) is 5.12. The van der Waals surface area contributed by atoms with E-state index >= 15 is 0 Å². The van der Waals surface area contributed by atoms with Crippen LogP contribution < -0.4 is 16.2 Å². The molecule has 31 heavy (non-hydrogen) atoms. The van der Waals surface area contributed by atoms with Crippen LogP contribution in [-0.2, 0) is 10.0 Å². The van der Waals surface area contributed by atoms with Crippen molar-refractivity contribution >= 4 is 70.8 Å². The van der Waals surface area contributed by atoms with E-state index in [-0.39, 0.29) is 4.90 Å². The number of fused-ring (bicyclic) bond motifs is 1. The standard InChI is InChI=1S/C20H15N5O2S4/c21-18-17(30-20(25-18)23-12-5-7-13(8-6-12)31(22,26)27)19-24-14(10-28-19)16-9-11-3-1-2-4-15(11)29-16/h1-10H,21H2,(H,23,25)(H2,22,26,27). The molecule has 7 nitrogen and oxygen atoms in total. The first kappa shape index (κ1) is 20.1. The number of sulfonamides is 1. The van der Waals surface area contributed by atoms with Crippen LogP contribution in [0.1, 0.15) is 0 Å². The van der Waals surface area contributed by atoms with Gasteiger partial charge in [0.2, 0.25) is 10.0 Å². The van der Waals surface area contributed by atoms with Crippen molar-refractivity contribution in [2.45, 2.75) is 4.90 Å². The number of nitrogen functional groups attached to an aromatic ring is 1. The smallest absolute Gasteiger partial charge is 0.238 e. The fourth-order valence-electron chi connectivity index (χ4n) is 2.99. The van der Waals surface area contributed by atoms with Crippen LogP contribution in [-0.4, -0.2) is 18.4 Å². The topological polar surface area (TPSA) is 124 Å². The van der Waals surface area contributed by atoms with E-state index in [1.54, 1.807) is 23.5 Å². The van der Waals surface area contributed by atoms with E-state index in [0.29, 0.717) is 16.6 Å². The van der Waals surface area contributed by atoms with Gasteiger partial charge >= 0.3 is 0 Å². The van der Waals surface area contributed by atoms with E-state index in [0.717, 1.165) is 20.5 Å². The Labute approximate surface area is 190 Å². The summed E-state index contributed by atoms with van der Waals surface area (Å²) in [6.45, 7) is 0. The molecule has 0 aliphatic heterocycles. The maximum absolute atomic E-state index is 11.4. The number of nitrogens with two attached hydrogens (primary N) is 2. The van der Waals surface area contributed by atoms with E-state index < -0.39 is 10.0 Å². The van der Waals surface area contributed by atoms with Crippen molar-refractivity contribution in [2.75, 3.05) is 11.1 Å². The molecule has 0 radical (unpaired) electrons. The maximum Gasteiger partial charge on any atom is 0.238 e. The van der Waals surface area contributed by atoms with Gasteiger partial charge < -0.3 is 11.1 Å². The van der Waals surface area contributed by atoms with Gasteiger partial charge in [-0.3, -0.25) is 0 Å². The van der Waals surface area contributed by atoms with Gasteiger partial charge in [0.05, 0.1) is 15.5 Å². The quantitative estimate of drug-likeness (QED) is 0.317. The first-order chi connectivity index (χ1) is 14.9. The minimum Gasteiger partial charge on any atom is -0.382 e. The summed E-state index contributed by atoms with van der Waals surface area (Å²) < 4.78 is 24.0. The van der Waals surface area contributed by atoms with Gasteiger partial charge in [-0.1, -0.05) is 29.5 Å². The second kappa shape index (κ2) is 7.70. The molecule has 0 aliphatic carbocycles. The van der Waals surface area contributed by atoms with Crippen molar-refractivity contribution in [3.8, 4) is 20.5 Å². The van der Waals surface area contributed by atoms with Crippen molar-refractivity contribution in [2.24, 2.45) is 5.14 Å². The number of hydrogen-bond donors (Lipinski definition) is 3. The molecule has 0 atom stereocenters.